The molecule has 1 unspecified atom stereocenters. The molecule has 1 aromatic rings. The number of Topliss-reactive ketones (excluding diaryl/α,β-unsaturated/α-hetero) is 1. The largest absolute Gasteiger partial charge is 0.494 e. The number of β-amino-alcohol motifs (C(OH)–C–C–N with tert-alkyl or cyclic N) is 1. The first-order chi connectivity index (χ1) is 21.6. The normalized spacial score (nSPS) is 39.4. The quantitative estimate of drug-likeness (QED) is 0.329. The molecular formula is C34H47BFNO9. The highest BCUT2D eigenvalue weighted by molar-refractivity contribution is 6.61. The van der Waals surface area contributed by atoms with Crippen LogP contribution >= 0.6 is 0 Å². The molecule has 10 nitrogen and oxygen atoms in total. The number of ketones is 1. The van der Waals surface area contributed by atoms with Crippen LogP contribution in [0.3, 0.4) is 0 Å². The summed E-state index contributed by atoms with van der Waals surface area (Å²) >= 11 is 0. The summed E-state index contributed by atoms with van der Waals surface area (Å²) in [4.78, 5) is 42.1. The molecule has 3 aliphatic carbocycles. The molecule has 0 radical (unpaired) electrons. The molecule has 1 amide bonds. The summed E-state index contributed by atoms with van der Waals surface area (Å²) < 4.78 is 27.1. The molecular weight excluding hydrogens is 596 g/mol. The Kier molecular flexibility index (Phi) is 8.60. The number of amides is 1. The van der Waals surface area contributed by atoms with Gasteiger partial charge < -0.3 is 34.6 Å². The van der Waals surface area contributed by atoms with E-state index in [1.807, 2.05) is 27.7 Å². The lowest BCUT2D eigenvalue weighted by Crippen LogP contribution is -2.64. The molecule has 2 aliphatic heterocycles. The minimum absolute atomic E-state index is 0.0175. The lowest BCUT2D eigenvalue weighted by atomic mass is 9.41. The van der Waals surface area contributed by atoms with Gasteiger partial charge in [0.15, 0.2) is 17.7 Å². The van der Waals surface area contributed by atoms with Gasteiger partial charge in [0.1, 0.15) is 5.78 Å². The van der Waals surface area contributed by atoms with Gasteiger partial charge in [-0.15, -0.1) is 0 Å². The van der Waals surface area contributed by atoms with Crippen LogP contribution in [0.1, 0.15) is 84.6 Å². The molecule has 0 aromatic heterocycles. The number of carboxylic acid groups (broad SMARTS) is 1. The Morgan fingerprint density at radius 1 is 1.20 bits per heavy atom. The number of nitrogens with zero attached hydrogens (tertiary/aromatic N) is 1. The number of hydrogen-bond donors (Lipinski definition) is 4. The van der Waals surface area contributed by atoms with E-state index in [2.05, 4.69) is 0 Å². The second-order valence-corrected chi connectivity index (χ2v) is 15.4. The smallest absolute Gasteiger partial charge is 0.478 e. The molecule has 1 saturated heterocycles. The number of ether oxygens (including phenoxy) is 1. The number of halogens is 1. The number of carbonyl (C=O) groups is 3. The number of fused-ring (bicyclic) bond motifs is 1. The molecule has 4 N–H and O–H groups in total. The van der Waals surface area contributed by atoms with Crippen LogP contribution in [-0.4, -0.2) is 81.4 Å². The molecule has 3 saturated carbocycles. The third kappa shape index (κ3) is 5.09. The highest BCUT2D eigenvalue weighted by atomic mass is 19.1. The number of aliphatic carboxylic acids is 1. The fourth-order valence-corrected chi connectivity index (χ4v) is 10.3. The van der Waals surface area contributed by atoms with E-state index in [4.69, 9.17) is 9.39 Å². The van der Waals surface area contributed by atoms with Crippen LogP contribution in [0.15, 0.2) is 12.1 Å². The van der Waals surface area contributed by atoms with E-state index in [0.29, 0.717) is 31.4 Å². The Balaban J connectivity index is 1.44. The Labute approximate surface area is 269 Å². The fourth-order valence-electron chi connectivity index (χ4n) is 10.3. The van der Waals surface area contributed by atoms with Crippen molar-refractivity contribution in [3.05, 3.63) is 23.5 Å². The Morgan fingerprint density at radius 3 is 2.61 bits per heavy atom. The first-order valence-electron chi connectivity index (χ1n) is 16.8. The van der Waals surface area contributed by atoms with Crippen LogP contribution in [-0.2, 0) is 25.6 Å². The Hall–Kier alpha value is -2.54. The summed E-state index contributed by atoms with van der Waals surface area (Å²) in [6.07, 6.45) is 0.326. The van der Waals surface area contributed by atoms with Gasteiger partial charge in [0.2, 0.25) is 5.91 Å². The minimum atomic E-state index is -1.59. The van der Waals surface area contributed by atoms with Gasteiger partial charge in [0.25, 0.3) is 0 Å². The number of aliphatic hydroxyl groups excluding tert-OH is 2. The van der Waals surface area contributed by atoms with E-state index in [9.17, 15) is 34.7 Å². The van der Waals surface area contributed by atoms with Crippen molar-refractivity contribution >= 4 is 30.2 Å². The maximum absolute atomic E-state index is 15.8. The Morgan fingerprint density at radius 2 is 1.93 bits per heavy atom. The predicted octanol–water partition coefficient (Wildman–Crippen LogP) is 2.67. The zero-order valence-corrected chi connectivity index (χ0v) is 27.2. The number of rotatable bonds is 7. The maximum atomic E-state index is 15.8. The van der Waals surface area contributed by atoms with Gasteiger partial charge in [-0.25, -0.2) is 9.18 Å². The first kappa shape index (κ1) is 33.4. The van der Waals surface area contributed by atoms with Crippen molar-refractivity contribution in [3.8, 4) is 5.75 Å². The van der Waals surface area contributed by atoms with Gasteiger partial charge in [-0.1, -0.05) is 33.8 Å². The molecule has 2 bridgehead atoms. The topological polar surface area (TPSA) is 154 Å². The average Bonchev–Trinajstić information content (AvgIpc) is 3.72. The number of benzene rings is 1. The van der Waals surface area contributed by atoms with Gasteiger partial charge in [-0.05, 0) is 78.2 Å². The minimum Gasteiger partial charge on any atom is -0.478 e. The van der Waals surface area contributed by atoms with Gasteiger partial charge in [0.05, 0.1) is 18.8 Å². The third-order valence-corrected chi connectivity index (χ3v) is 13.2. The van der Waals surface area contributed by atoms with Gasteiger partial charge in [0, 0.05) is 43.2 Å². The lowest BCUT2D eigenvalue weighted by molar-refractivity contribution is -0.200. The lowest BCUT2D eigenvalue weighted by Gasteiger charge is -2.63. The molecule has 1 aromatic carbocycles. The van der Waals surface area contributed by atoms with Gasteiger partial charge >= 0.3 is 13.1 Å². The van der Waals surface area contributed by atoms with Crippen molar-refractivity contribution < 1.29 is 48.5 Å². The molecule has 252 valence electrons. The Bertz CT molecular complexity index is 1410. The van der Waals surface area contributed by atoms with E-state index in [1.165, 1.54) is 6.07 Å². The summed E-state index contributed by atoms with van der Waals surface area (Å²) in [7, 11) is -1.50. The van der Waals surface area contributed by atoms with Crippen molar-refractivity contribution in [1.29, 1.82) is 0 Å². The van der Waals surface area contributed by atoms with E-state index in [1.54, 1.807) is 11.0 Å². The number of likely N-dealkylation sites (tertiary alicyclic amines) is 1. The zero-order chi connectivity index (χ0) is 33.3. The van der Waals surface area contributed by atoms with Crippen LogP contribution in [0.25, 0.3) is 0 Å². The third-order valence-electron chi connectivity index (χ3n) is 13.2. The predicted molar refractivity (Wildman–Crippen MR) is 165 cm³/mol. The second-order valence-electron chi connectivity index (χ2n) is 15.4. The summed E-state index contributed by atoms with van der Waals surface area (Å²) in [5.41, 5.74) is -2.00. The highest BCUT2D eigenvalue weighted by Gasteiger charge is 2.69. The monoisotopic (exact) mass is 643 g/mol. The highest BCUT2D eigenvalue weighted by Crippen LogP contribution is 2.69. The molecule has 10 atom stereocenters. The average molecular weight is 644 g/mol. The van der Waals surface area contributed by atoms with Crippen LogP contribution in [0.4, 0.5) is 4.39 Å². The number of carboxylic acids is 1. The van der Waals surface area contributed by atoms with E-state index in [-0.39, 0.29) is 67.2 Å². The van der Waals surface area contributed by atoms with E-state index in [0.717, 1.165) is 12.8 Å². The molecule has 2 heterocycles. The fraction of sp³-hybridized carbons (Fsp3) is 0.735. The number of carbonyl (C=O) groups excluding carboxylic acids is 2. The van der Waals surface area contributed by atoms with Crippen LogP contribution < -0.4 is 10.2 Å². The van der Waals surface area contributed by atoms with Crippen molar-refractivity contribution in [2.75, 3.05) is 13.1 Å². The van der Waals surface area contributed by atoms with E-state index >= 15 is 4.39 Å². The SMILES string of the molecule is C[C@@H]1CC[C@@]23CCC(=O)[C@H]2[C@@]1(C)[C@H](C(Oc1ccc2c(c1F)B(O)OC2)C(=O)O)C[C@@](C)(CCC(=O)N1CC[C@H](O)C1)[C@@H](O)[C@@H]3C. The maximum Gasteiger partial charge on any atom is 0.494 e. The van der Waals surface area contributed by atoms with Crippen LogP contribution in [0.2, 0.25) is 0 Å². The number of hydrogen-bond acceptors (Lipinski definition) is 8. The van der Waals surface area contributed by atoms with Crippen molar-refractivity contribution in [1.82, 2.24) is 4.90 Å². The zero-order valence-electron chi connectivity index (χ0n) is 27.2. The van der Waals surface area contributed by atoms with Crippen LogP contribution in [0, 0.1) is 45.7 Å². The first-order valence-corrected chi connectivity index (χ1v) is 16.8. The summed E-state index contributed by atoms with van der Waals surface area (Å²) in [6.45, 7) is 8.68. The van der Waals surface area contributed by atoms with Crippen LogP contribution in [0.5, 0.6) is 5.75 Å². The molecule has 46 heavy (non-hydrogen) atoms. The second kappa shape index (κ2) is 11.9. The van der Waals surface area contributed by atoms with Gasteiger partial charge in [-0.3, -0.25) is 9.59 Å². The molecule has 6 rings (SSSR count). The molecule has 0 spiro atoms. The summed E-state index contributed by atoms with van der Waals surface area (Å²) in [6, 6.07) is 2.90. The van der Waals surface area contributed by atoms with Crippen molar-refractivity contribution in [3.63, 3.8) is 0 Å². The van der Waals surface area contributed by atoms with E-state index < -0.39 is 65.3 Å². The molecule has 12 heteroatoms. The van der Waals surface area contributed by atoms with Crippen molar-refractivity contribution in [2.45, 2.75) is 104 Å². The molecule has 5 aliphatic rings. The summed E-state index contributed by atoms with van der Waals surface area (Å²) in [5.74, 6) is -4.31. The summed E-state index contributed by atoms with van der Waals surface area (Å²) in [5, 5.41) is 43.3. The standard InChI is InChI=1S/C34H47BFNO9/c1-18-7-12-34-13-8-23(39)29(34)33(18,4)22(28(31(42)43)46-24-6-5-20-17-45-35(44)26(20)27(24)36)15-32(3,30(41)19(34)2)11-9-25(40)37-14-10-21(38)16-37/h5-6,18-19,21-22,28-30,38,41,44H,7-17H2,1-4H3,(H,42,43)/t18-,19+,21+,22+,28?,29+,30+,32-,33-,34+/m1/s1. The molecule has 4 fully saturated rings. The van der Waals surface area contributed by atoms with Gasteiger partial charge in [-0.2, -0.15) is 0 Å². The number of aliphatic hydroxyl groups is 2. The van der Waals surface area contributed by atoms with Crippen molar-refractivity contribution in [2.24, 2.45) is 39.9 Å².